The van der Waals surface area contributed by atoms with E-state index in [1.165, 1.54) is 5.56 Å². The first-order chi connectivity index (χ1) is 9.24. The molecular formula is C13H20N6. The maximum absolute atomic E-state index is 5.75. The van der Waals surface area contributed by atoms with Crippen molar-refractivity contribution in [2.75, 3.05) is 31.2 Å². The van der Waals surface area contributed by atoms with Crippen molar-refractivity contribution < 1.29 is 0 Å². The van der Waals surface area contributed by atoms with Gasteiger partial charge in [-0.15, -0.1) is 0 Å². The van der Waals surface area contributed by atoms with Crippen LogP contribution in [-0.4, -0.2) is 35.1 Å². The van der Waals surface area contributed by atoms with Gasteiger partial charge >= 0.3 is 0 Å². The Balaban J connectivity index is 2.35. The van der Waals surface area contributed by atoms with Crippen LogP contribution >= 0.6 is 0 Å². The zero-order valence-electron chi connectivity index (χ0n) is 11.4. The zero-order valence-corrected chi connectivity index (χ0v) is 11.4. The molecule has 2 heterocycles. The SMILES string of the molecule is CCCc1cnc2c(NCCNC)nc(N)nc2c1. The van der Waals surface area contributed by atoms with E-state index in [1.54, 1.807) is 0 Å². The Bertz CT molecular complexity index is 554. The monoisotopic (exact) mass is 260 g/mol. The van der Waals surface area contributed by atoms with Gasteiger partial charge in [0.1, 0.15) is 5.52 Å². The summed E-state index contributed by atoms with van der Waals surface area (Å²) >= 11 is 0. The first-order valence-corrected chi connectivity index (χ1v) is 6.55. The predicted octanol–water partition coefficient (Wildman–Crippen LogP) is 1.19. The maximum atomic E-state index is 5.75. The minimum Gasteiger partial charge on any atom is -0.368 e. The minimum absolute atomic E-state index is 0.273. The molecule has 19 heavy (non-hydrogen) atoms. The van der Waals surface area contributed by atoms with E-state index in [0.717, 1.165) is 37.0 Å². The van der Waals surface area contributed by atoms with E-state index in [4.69, 9.17) is 5.73 Å². The molecule has 2 aromatic heterocycles. The highest BCUT2D eigenvalue weighted by atomic mass is 15.1. The highest BCUT2D eigenvalue weighted by Crippen LogP contribution is 2.20. The Morgan fingerprint density at radius 2 is 2.11 bits per heavy atom. The second-order valence-electron chi connectivity index (χ2n) is 4.42. The lowest BCUT2D eigenvalue weighted by Crippen LogP contribution is -2.19. The predicted molar refractivity (Wildman–Crippen MR) is 78.2 cm³/mol. The van der Waals surface area contributed by atoms with Gasteiger partial charge in [-0.05, 0) is 25.1 Å². The Kier molecular flexibility index (Phi) is 4.46. The van der Waals surface area contributed by atoms with Gasteiger partial charge in [-0.2, -0.15) is 4.98 Å². The molecule has 4 N–H and O–H groups in total. The molecule has 0 spiro atoms. The highest BCUT2D eigenvalue weighted by molar-refractivity contribution is 5.86. The van der Waals surface area contributed by atoms with Gasteiger partial charge in [-0.3, -0.25) is 4.98 Å². The third kappa shape index (κ3) is 3.29. The molecule has 2 rings (SSSR count). The van der Waals surface area contributed by atoms with Gasteiger partial charge in [0.05, 0.1) is 5.52 Å². The summed E-state index contributed by atoms with van der Waals surface area (Å²) in [7, 11) is 1.91. The van der Waals surface area contributed by atoms with Crippen LogP contribution in [0.1, 0.15) is 18.9 Å². The van der Waals surface area contributed by atoms with Gasteiger partial charge in [0, 0.05) is 19.3 Å². The molecule has 102 valence electrons. The van der Waals surface area contributed by atoms with E-state index < -0.39 is 0 Å². The Labute approximate surface area is 112 Å². The van der Waals surface area contributed by atoms with Crippen LogP contribution < -0.4 is 16.4 Å². The van der Waals surface area contributed by atoms with Crippen molar-refractivity contribution in [3.63, 3.8) is 0 Å². The van der Waals surface area contributed by atoms with Crippen molar-refractivity contribution in [3.8, 4) is 0 Å². The molecule has 0 bridgehead atoms. The lowest BCUT2D eigenvalue weighted by molar-refractivity contribution is 0.821. The number of nitrogens with one attached hydrogen (secondary N) is 2. The van der Waals surface area contributed by atoms with E-state index in [-0.39, 0.29) is 5.95 Å². The maximum Gasteiger partial charge on any atom is 0.222 e. The third-order valence-corrected chi connectivity index (χ3v) is 2.82. The molecule has 0 saturated carbocycles. The molecule has 0 aromatic carbocycles. The van der Waals surface area contributed by atoms with Gasteiger partial charge in [-0.25, -0.2) is 4.98 Å². The van der Waals surface area contributed by atoms with E-state index >= 15 is 0 Å². The topological polar surface area (TPSA) is 88.8 Å². The van der Waals surface area contributed by atoms with Crippen molar-refractivity contribution in [3.05, 3.63) is 17.8 Å². The molecule has 6 heteroatoms. The smallest absolute Gasteiger partial charge is 0.222 e. The molecule has 0 aliphatic rings. The normalized spacial score (nSPS) is 10.8. The summed E-state index contributed by atoms with van der Waals surface area (Å²) < 4.78 is 0. The van der Waals surface area contributed by atoms with E-state index in [1.807, 2.05) is 19.3 Å². The van der Waals surface area contributed by atoms with E-state index in [0.29, 0.717) is 5.82 Å². The van der Waals surface area contributed by atoms with Gasteiger partial charge in [-0.1, -0.05) is 13.3 Å². The first-order valence-electron chi connectivity index (χ1n) is 6.55. The number of anilines is 2. The number of aryl methyl sites for hydroxylation is 1. The molecule has 0 aliphatic heterocycles. The summed E-state index contributed by atoms with van der Waals surface area (Å²) in [6.07, 6.45) is 3.96. The average molecular weight is 260 g/mol. The number of pyridine rings is 1. The molecule has 0 radical (unpaired) electrons. The fourth-order valence-corrected chi connectivity index (χ4v) is 1.93. The summed E-state index contributed by atoms with van der Waals surface area (Å²) in [4.78, 5) is 12.9. The second kappa shape index (κ2) is 6.29. The zero-order chi connectivity index (χ0) is 13.7. The minimum atomic E-state index is 0.273. The quantitative estimate of drug-likeness (QED) is 0.676. The Morgan fingerprint density at radius 3 is 2.84 bits per heavy atom. The lowest BCUT2D eigenvalue weighted by Gasteiger charge is -2.09. The first kappa shape index (κ1) is 13.5. The highest BCUT2D eigenvalue weighted by Gasteiger charge is 2.08. The molecule has 6 nitrogen and oxygen atoms in total. The van der Waals surface area contributed by atoms with Crippen molar-refractivity contribution in [1.29, 1.82) is 0 Å². The van der Waals surface area contributed by atoms with Gasteiger partial charge in [0.15, 0.2) is 5.82 Å². The second-order valence-corrected chi connectivity index (χ2v) is 4.42. The summed E-state index contributed by atoms with van der Waals surface area (Å²) in [5, 5.41) is 6.29. The van der Waals surface area contributed by atoms with Crippen molar-refractivity contribution >= 4 is 22.8 Å². The number of hydrogen-bond acceptors (Lipinski definition) is 6. The van der Waals surface area contributed by atoms with Crippen molar-refractivity contribution in [2.45, 2.75) is 19.8 Å². The van der Waals surface area contributed by atoms with Gasteiger partial charge in [0.2, 0.25) is 5.95 Å². The van der Waals surface area contributed by atoms with Crippen LogP contribution in [0.25, 0.3) is 11.0 Å². The van der Waals surface area contributed by atoms with Crippen LogP contribution in [0.15, 0.2) is 12.3 Å². The molecule has 2 aromatic rings. The fourth-order valence-electron chi connectivity index (χ4n) is 1.93. The summed E-state index contributed by atoms with van der Waals surface area (Å²) in [6.45, 7) is 3.75. The molecule has 0 fully saturated rings. The molecule has 0 aliphatic carbocycles. The molecule has 0 atom stereocenters. The number of nitrogen functional groups attached to an aromatic ring is 1. The van der Waals surface area contributed by atoms with Crippen molar-refractivity contribution in [2.24, 2.45) is 0 Å². The fraction of sp³-hybridized carbons (Fsp3) is 0.462. The van der Waals surface area contributed by atoms with Crippen LogP contribution in [0.5, 0.6) is 0 Å². The number of nitrogens with two attached hydrogens (primary N) is 1. The molecule has 0 amide bonds. The molecule has 0 unspecified atom stereocenters. The molecular weight excluding hydrogens is 240 g/mol. The lowest BCUT2D eigenvalue weighted by atomic mass is 10.1. The Hall–Kier alpha value is -1.95. The Morgan fingerprint density at radius 1 is 1.26 bits per heavy atom. The molecule has 0 saturated heterocycles. The number of aromatic nitrogens is 3. The van der Waals surface area contributed by atoms with Crippen LogP contribution in [0.4, 0.5) is 11.8 Å². The number of rotatable bonds is 6. The van der Waals surface area contributed by atoms with Crippen molar-refractivity contribution in [1.82, 2.24) is 20.3 Å². The van der Waals surface area contributed by atoms with Crippen LogP contribution in [-0.2, 0) is 6.42 Å². The van der Waals surface area contributed by atoms with Crippen LogP contribution in [0.2, 0.25) is 0 Å². The number of fused-ring (bicyclic) bond motifs is 1. The van der Waals surface area contributed by atoms with Gasteiger partial charge in [0.25, 0.3) is 0 Å². The van der Waals surface area contributed by atoms with E-state index in [9.17, 15) is 0 Å². The number of nitrogens with zero attached hydrogens (tertiary/aromatic N) is 3. The third-order valence-electron chi connectivity index (χ3n) is 2.82. The summed E-state index contributed by atoms with van der Waals surface area (Å²) in [5.41, 5.74) is 8.49. The number of likely N-dealkylation sites (N-methyl/N-ethyl adjacent to an activating group) is 1. The summed E-state index contributed by atoms with van der Waals surface area (Å²) in [5.74, 6) is 0.968. The standard InChI is InChI=1S/C13H20N6/c1-3-4-9-7-10-11(17-8-9)12(16-6-5-15-2)19-13(14)18-10/h7-8,15H,3-6H2,1-2H3,(H3,14,16,18,19). The summed E-state index contributed by atoms with van der Waals surface area (Å²) in [6, 6.07) is 2.03. The van der Waals surface area contributed by atoms with E-state index in [2.05, 4.69) is 32.5 Å². The average Bonchev–Trinajstić information content (AvgIpc) is 2.38. The largest absolute Gasteiger partial charge is 0.368 e. The van der Waals surface area contributed by atoms with Crippen LogP contribution in [0, 0.1) is 0 Å². The van der Waals surface area contributed by atoms with Crippen LogP contribution in [0.3, 0.4) is 0 Å². The number of hydrogen-bond donors (Lipinski definition) is 3. The van der Waals surface area contributed by atoms with Gasteiger partial charge < -0.3 is 16.4 Å².